The maximum atomic E-state index is 13.3. The number of anilines is 2. The third-order valence-corrected chi connectivity index (χ3v) is 6.55. The minimum Gasteiger partial charge on any atom is -0.324 e. The molecule has 9 heteroatoms. The van der Waals surface area contributed by atoms with Gasteiger partial charge in [-0.05, 0) is 48.4 Å². The molecule has 0 aromatic heterocycles. The lowest BCUT2D eigenvalue weighted by Gasteiger charge is -2.24. The molecule has 0 unspecified atom stereocenters. The first-order chi connectivity index (χ1) is 15.1. The van der Waals surface area contributed by atoms with Crippen molar-refractivity contribution in [3.05, 3.63) is 90.0 Å². The van der Waals surface area contributed by atoms with E-state index in [9.17, 15) is 26.4 Å². The third kappa shape index (κ3) is 5.28. The van der Waals surface area contributed by atoms with Crippen LogP contribution in [0.25, 0.3) is 0 Å². The second-order valence-corrected chi connectivity index (χ2v) is 8.80. The van der Waals surface area contributed by atoms with Crippen LogP contribution in [0.4, 0.5) is 24.5 Å². The number of alkyl halides is 3. The Bertz CT molecular complexity index is 1180. The first-order valence-corrected chi connectivity index (χ1v) is 11.2. The molecule has 0 fully saturated rings. The van der Waals surface area contributed by atoms with Crippen molar-refractivity contribution in [2.75, 3.05) is 16.2 Å². The molecule has 3 aromatic rings. The minimum atomic E-state index is -4.67. The van der Waals surface area contributed by atoms with Crippen LogP contribution in [-0.2, 0) is 27.4 Å². The van der Waals surface area contributed by atoms with Crippen molar-refractivity contribution in [1.82, 2.24) is 0 Å². The van der Waals surface area contributed by atoms with Crippen LogP contribution in [0.2, 0.25) is 0 Å². The molecule has 168 valence electrons. The fourth-order valence-electron chi connectivity index (χ4n) is 3.09. The first kappa shape index (κ1) is 23.3. The number of halogens is 3. The van der Waals surface area contributed by atoms with Gasteiger partial charge in [0.25, 0.3) is 10.0 Å². The van der Waals surface area contributed by atoms with E-state index in [1.165, 1.54) is 24.3 Å². The Balaban J connectivity index is 1.95. The second-order valence-electron chi connectivity index (χ2n) is 6.94. The fraction of sp³-hybridized carbons (Fsp3) is 0.174. The summed E-state index contributed by atoms with van der Waals surface area (Å²) in [5, 5.41) is 2.20. The van der Waals surface area contributed by atoms with Gasteiger partial charge in [-0.1, -0.05) is 49.4 Å². The molecule has 3 rings (SSSR count). The number of hydrogen-bond donors (Lipinski definition) is 1. The van der Waals surface area contributed by atoms with E-state index in [2.05, 4.69) is 5.32 Å². The van der Waals surface area contributed by atoms with Crippen molar-refractivity contribution in [2.24, 2.45) is 0 Å². The van der Waals surface area contributed by atoms with Gasteiger partial charge in [-0.3, -0.25) is 9.10 Å². The molecular weight excluding hydrogens is 441 g/mol. The molecule has 0 radical (unpaired) electrons. The molecule has 3 aromatic carbocycles. The SMILES string of the molecule is CCc1ccc(N(CC(=O)Nc2ccccc2C(F)(F)F)S(=O)(=O)c2ccccc2)cc1. The largest absolute Gasteiger partial charge is 0.418 e. The highest BCUT2D eigenvalue weighted by atomic mass is 32.2. The summed E-state index contributed by atoms with van der Waals surface area (Å²) in [6.07, 6.45) is -3.93. The molecule has 0 saturated heterocycles. The van der Waals surface area contributed by atoms with Crippen molar-refractivity contribution in [3.63, 3.8) is 0 Å². The lowest BCUT2D eigenvalue weighted by atomic mass is 10.1. The molecule has 0 spiro atoms. The van der Waals surface area contributed by atoms with Crippen molar-refractivity contribution in [1.29, 1.82) is 0 Å². The molecule has 1 N–H and O–H groups in total. The zero-order valence-corrected chi connectivity index (χ0v) is 18.0. The van der Waals surface area contributed by atoms with Crippen LogP contribution >= 0.6 is 0 Å². The van der Waals surface area contributed by atoms with Crippen LogP contribution < -0.4 is 9.62 Å². The highest BCUT2D eigenvalue weighted by Gasteiger charge is 2.34. The van der Waals surface area contributed by atoms with E-state index >= 15 is 0 Å². The van der Waals surface area contributed by atoms with Gasteiger partial charge in [-0.2, -0.15) is 13.2 Å². The van der Waals surface area contributed by atoms with Gasteiger partial charge in [-0.25, -0.2) is 8.42 Å². The van der Waals surface area contributed by atoms with Gasteiger partial charge in [-0.15, -0.1) is 0 Å². The van der Waals surface area contributed by atoms with E-state index in [0.717, 1.165) is 28.4 Å². The van der Waals surface area contributed by atoms with Crippen LogP contribution in [0.15, 0.2) is 83.8 Å². The third-order valence-electron chi connectivity index (χ3n) is 4.76. The highest BCUT2D eigenvalue weighted by Crippen LogP contribution is 2.34. The number of hydrogen-bond acceptors (Lipinski definition) is 3. The standard InChI is InChI=1S/C23H21F3N2O3S/c1-2-17-12-14-18(15-13-17)28(32(30,31)19-8-4-3-5-9-19)16-22(29)27-21-11-7-6-10-20(21)23(24,25)26/h3-15H,2,16H2,1H3,(H,27,29). The number of nitrogens with zero attached hydrogens (tertiary/aromatic N) is 1. The summed E-state index contributed by atoms with van der Waals surface area (Å²) in [4.78, 5) is 12.7. The number of aryl methyl sites for hydroxylation is 1. The fourth-order valence-corrected chi connectivity index (χ4v) is 4.53. The Morgan fingerprint density at radius 1 is 0.906 bits per heavy atom. The number of para-hydroxylation sites is 1. The molecule has 0 saturated carbocycles. The molecule has 0 aliphatic carbocycles. The van der Waals surface area contributed by atoms with Gasteiger partial charge in [0.1, 0.15) is 6.54 Å². The van der Waals surface area contributed by atoms with Crippen LogP contribution in [0.1, 0.15) is 18.1 Å². The Morgan fingerprint density at radius 3 is 2.09 bits per heavy atom. The number of carbonyl (C=O) groups is 1. The van der Waals surface area contributed by atoms with Crippen LogP contribution in [0.3, 0.4) is 0 Å². The number of carbonyl (C=O) groups excluding carboxylic acids is 1. The van der Waals surface area contributed by atoms with E-state index in [0.29, 0.717) is 0 Å². The van der Waals surface area contributed by atoms with Gasteiger partial charge in [0.05, 0.1) is 21.8 Å². The minimum absolute atomic E-state index is 0.0388. The summed E-state index contributed by atoms with van der Waals surface area (Å²) < 4.78 is 67.2. The maximum absolute atomic E-state index is 13.3. The molecule has 1 amide bonds. The number of sulfonamides is 1. The zero-order valence-electron chi connectivity index (χ0n) is 17.1. The van der Waals surface area contributed by atoms with Gasteiger partial charge in [0.15, 0.2) is 0 Å². The number of benzene rings is 3. The Morgan fingerprint density at radius 2 is 1.50 bits per heavy atom. The first-order valence-electron chi connectivity index (χ1n) is 9.75. The quantitative estimate of drug-likeness (QED) is 0.531. The van der Waals surface area contributed by atoms with E-state index < -0.39 is 39.9 Å². The Labute approximate surface area is 184 Å². The van der Waals surface area contributed by atoms with Crippen LogP contribution in [-0.4, -0.2) is 20.9 Å². The van der Waals surface area contributed by atoms with Crippen LogP contribution in [0, 0.1) is 0 Å². The smallest absolute Gasteiger partial charge is 0.324 e. The van der Waals surface area contributed by atoms with Crippen molar-refractivity contribution < 1.29 is 26.4 Å². The highest BCUT2D eigenvalue weighted by molar-refractivity contribution is 7.92. The second kappa shape index (κ2) is 9.44. The van der Waals surface area contributed by atoms with Crippen LogP contribution in [0.5, 0.6) is 0 Å². The molecule has 0 bridgehead atoms. The summed E-state index contributed by atoms with van der Waals surface area (Å²) in [6.45, 7) is 1.24. The van der Waals surface area contributed by atoms with Gasteiger partial charge in [0, 0.05) is 0 Å². The maximum Gasteiger partial charge on any atom is 0.418 e. The topological polar surface area (TPSA) is 66.5 Å². The van der Waals surface area contributed by atoms with Gasteiger partial charge < -0.3 is 5.32 Å². The summed E-state index contributed by atoms with van der Waals surface area (Å²) in [6, 6.07) is 18.7. The summed E-state index contributed by atoms with van der Waals surface area (Å²) in [7, 11) is -4.15. The number of rotatable bonds is 7. The molecule has 5 nitrogen and oxygen atoms in total. The van der Waals surface area contributed by atoms with Crippen molar-refractivity contribution in [2.45, 2.75) is 24.4 Å². The molecular formula is C23H21F3N2O3S. The van der Waals surface area contributed by atoms with Gasteiger partial charge >= 0.3 is 6.18 Å². The monoisotopic (exact) mass is 462 g/mol. The number of amides is 1. The average Bonchev–Trinajstić information content (AvgIpc) is 2.78. The number of nitrogens with one attached hydrogen (secondary N) is 1. The lowest BCUT2D eigenvalue weighted by Crippen LogP contribution is -2.38. The van der Waals surface area contributed by atoms with E-state index in [4.69, 9.17) is 0 Å². The Kier molecular flexibility index (Phi) is 6.88. The normalized spacial score (nSPS) is 11.8. The lowest BCUT2D eigenvalue weighted by molar-refractivity contribution is -0.137. The van der Waals surface area contributed by atoms with E-state index in [1.54, 1.807) is 42.5 Å². The molecule has 0 aliphatic heterocycles. The summed E-state index contributed by atoms with van der Waals surface area (Å²) >= 11 is 0. The molecule has 32 heavy (non-hydrogen) atoms. The molecule has 0 aliphatic rings. The van der Waals surface area contributed by atoms with Crippen molar-refractivity contribution >= 4 is 27.3 Å². The zero-order chi connectivity index (χ0) is 23.4. The van der Waals surface area contributed by atoms with E-state index in [1.807, 2.05) is 6.92 Å². The Hall–Kier alpha value is -3.33. The summed E-state index contributed by atoms with van der Waals surface area (Å²) in [5.74, 6) is -0.902. The van der Waals surface area contributed by atoms with Crippen molar-refractivity contribution in [3.8, 4) is 0 Å². The average molecular weight is 462 g/mol. The molecule has 0 atom stereocenters. The molecule has 0 heterocycles. The predicted octanol–water partition coefficient (Wildman–Crippen LogP) is 5.10. The summed E-state index contributed by atoms with van der Waals surface area (Å²) in [5.41, 5.74) is -0.263. The van der Waals surface area contributed by atoms with Gasteiger partial charge in [0.2, 0.25) is 5.91 Å². The van der Waals surface area contributed by atoms with E-state index in [-0.39, 0.29) is 10.6 Å². The predicted molar refractivity (Wildman–Crippen MR) is 117 cm³/mol.